The molecule has 8 nitrogen and oxygen atoms in total. The minimum Gasteiger partial charge on any atom is -0.479 e. The van der Waals surface area contributed by atoms with Crippen molar-refractivity contribution >= 4 is 18.0 Å². The molecule has 158 valence electrons. The summed E-state index contributed by atoms with van der Waals surface area (Å²) < 4.78 is 5.40. The summed E-state index contributed by atoms with van der Waals surface area (Å²) in [4.78, 5) is 34.6. The summed E-state index contributed by atoms with van der Waals surface area (Å²) in [5, 5.41) is 22.7. The van der Waals surface area contributed by atoms with Crippen LogP contribution in [0.1, 0.15) is 24.0 Å². The Bertz CT molecular complexity index is 899. The Morgan fingerprint density at radius 2 is 1.53 bits per heavy atom. The van der Waals surface area contributed by atoms with Crippen LogP contribution < -0.4 is 10.6 Å². The smallest absolute Gasteiger partial charge is 0.407 e. The third kappa shape index (κ3) is 4.77. The van der Waals surface area contributed by atoms with Gasteiger partial charge in [-0.1, -0.05) is 55.5 Å². The first-order valence-corrected chi connectivity index (χ1v) is 9.66. The fourth-order valence-electron chi connectivity index (χ4n) is 3.44. The maximum absolute atomic E-state index is 12.1. The standard InChI is InChI=1S/C22H24N2O6/c1-13(20(26)23-11-19(25)21(27)28)10-24-22(29)30-12-18-16-8-4-2-6-14(16)15-7-3-5-9-17(15)18/h2-9,13,18-19,25H,10-12H2,1H3,(H,23,26)(H,24,29)(H,27,28)/t13?,19-/m0/s1. The van der Waals surface area contributed by atoms with Crippen molar-refractivity contribution in [3.63, 3.8) is 0 Å². The molecule has 0 heterocycles. The van der Waals surface area contributed by atoms with Crippen molar-refractivity contribution in [2.75, 3.05) is 19.7 Å². The molecule has 0 saturated heterocycles. The van der Waals surface area contributed by atoms with Gasteiger partial charge in [-0.15, -0.1) is 0 Å². The van der Waals surface area contributed by atoms with Gasteiger partial charge in [0.05, 0.1) is 12.5 Å². The Morgan fingerprint density at radius 1 is 0.967 bits per heavy atom. The number of aliphatic hydroxyl groups is 1. The molecule has 1 unspecified atom stereocenters. The number of aliphatic hydroxyl groups excluding tert-OH is 1. The molecular weight excluding hydrogens is 388 g/mol. The van der Waals surface area contributed by atoms with Crippen molar-refractivity contribution in [2.24, 2.45) is 5.92 Å². The molecule has 0 spiro atoms. The van der Waals surface area contributed by atoms with Crippen molar-refractivity contribution < 1.29 is 29.3 Å². The molecule has 4 N–H and O–H groups in total. The van der Waals surface area contributed by atoms with Gasteiger partial charge in [0.1, 0.15) is 6.61 Å². The number of carbonyl (C=O) groups is 3. The van der Waals surface area contributed by atoms with Crippen LogP contribution in [0, 0.1) is 5.92 Å². The Hall–Kier alpha value is -3.39. The minimum absolute atomic E-state index is 0.0195. The average molecular weight is 412 g/mol. The lowest BCUT2D eigenvalue weighted by Crippen LogP contribution is -2.42. The number of carboxylic acids is 1. The third-order valence-electron chi connectivity index (χ3n) is 5.10. The van der Waals surface area contributed by atoms with Crippen LogP contribution >= 0.6 is 0 Å². The molecule has 0 aromatic heterocycles. The SMILES string of the molecule is CC(CNC(=O)OCC1c2ccccc2-c2ccccc21)C(=O)NC[C@H](O)C(=O)O. The predicted molar refractivity (Wildman–Crippen MR) is 109 cm³/mol. The Kier molecular flexibility index (Phi) is 6.68. The normalized spacial score (nSPS) is 14.2. The molecule has 1 aliphatic carbocycles. The lowest BCUT2D eigenvalue weighted by molar-refractivity contribution is -0.146. The molecule has 0 bridgehead atoms. The third-order valence-corrected chi connectivity index (χ3v) is 5.10. The van der Waals surface area contributed by atoms with Gasteiger partial charge in [-0.2, -0.15) is 0 Å². The summed E-state index contributed by atoms with van der Waals surface area (Å²) in [7, 11) is 0. The lowest BCUT2D eigenvalue weighted by Gasteiger charge is -2.16. The van der Waals surface area contributed by atoms with E-state index in [1.165, 1.54) is 0 Å². The van der Waals surface area contributed by atoms with E-state index < -0.39 is 36.5 Å². The average Bonchev–Trinajstić information content (AvgIpc) is 3.07. The summed E-state index contributed by atoms with van der Waals surface area (Å²) in [6.45, 7) is 1.37. The van der Waals surface area contributed by atoms with E-state index in [2.05, 4.69) is 22.8 Å². The van der Waals surface area contributed by atoms with E-state index in [-0.39, 0.29) is 19.1 Å². The number of benzene rings is 2. The van der Waals surface area contributed by atoms with Gasteiger partial charge in [0.15, 0.2) is 6.10 Å². The molecular formula is C22H24N2O6. The van der Waals surface area contributed by atoms with Crippen LogP contribution in [-0.2, 0) is 14.3 Å². The highest BCUT2D eigenvalue weighted by molar-refractivity contribution is 5.81. The van der Waals surface area contributed by atoms with E-state index in [0.717, 1.165) is 22.3 Å². The number of aliphatic carboxylic acids is 1. The molecule has 30 heavy (non-hydrogen) atoms. The highest BCUT2D eigenvalue weighted by Crippen LogP contribution is 2.44. The van der Waals surface area contributed by atoms with Gasteiger partial charge in [0.25, 0.3) is 0 Å². The highest BCUT2D eigenvalue weighted by Gasteiger charge is 2.29. The first-order valence-electron chi connectivity index (χ1n) is 9.66. The molecule has 2 aromatic rings. The van der Waals surface area contributed by atoms with Gasteiger partial charge in [-0.05, 0) is 22.3 Å². The quantitative estimate of drug-likeness (QED) is 0.523. The summed E-state index contributed by atoms with van der Waals surface area (Å²) in [6, 6.07) is 16.0. The van der Waals surface area contributed by atoms with Crippen LogP contribution in [0.3, 0.4) is 0 Å². The van der Waals surface area contributed by atoms with E-state index in [1.54, 1.807) is 6.92 Å². The first-order chi connectivity index (χ1) is 14.4. The largest absolute Gasteiger partial charge is 0.479 e. The van der Waals surface area contributed by atoms with Gasteiger partial charge < -0.3 is 25.6 Å². The van der Waals surface area contributed by atoms with Crippen LogP contribution in [0.4, 0.5) is 4.79 Å². The zero-order valence-electron chi connectivity index (χ0n) is 16.5. The van der Waals surface area contributed by atoms with Gasteiger partial charge in [-0.3, -0.25) is 4.79 Å². The van der Waals surface area contributed by atoms with Gasteiger partial charge in [-0.25, -0.2) is 9.59 Å². The monoisotopic (exact) mass is 412 g/mol. The van der Waals surface area contributed by atoms with E-state index in [1.807, 2.05) is 36.4 Å². The predicted octanol–water partition coefficient (Wildman–Crippen LogP) is 1.72. The molecule has 2 amide bonds. The van der Waals surface area contributed by atoms with Crippen LogP contribution in [0.5, 0.6) is 0 Å². The van der Waals surface area contributed by atoms with Crippen LogP contribution in [-0.4, -0.2) is 54.0 Å². The number of carboxylic acid groups (broad SMARTS) is 1. The zero-order chi connectivity index (χ0) is 21.7. The second-order valence-corrected chi connectivity index (χ2v) is 7.21. The Labute approximate surface area is 173 Å². The first kappa shape index (κ1) is 21.3. The maximum atomic E-state index is 12.1. The van der Waals surface area contributed by atoms with E-state index in [9.17, 15) is 19.5 Å². The number of hydrogen-bond acceptors (Lipinski definition) is 5. The summed E-state index contributed by atoms with van der Waals surface area (Å²) in [5.41, 5.74) is 4.49. The highest BCUT2D eigenvalue weighted by atomic mass is 16.5. The Morgan fingerprint density at radius 3 is 2.10 bits per heavy atom. The molecule has 0 saturated carbocycles. The summed E-state index contributed by atoms with van der Waals surface area (Å²) in [5.74, 6) is -2.57. The van der Waals surface area contributed by atoms with Crippen molar-refractivity contribution in [1.82, 2.24) is 10.6 Å². The van der Waals surface area contributed by atoms with E-state index in [0.29, 0.717) is 0 Å². The number of hydrogen-bond donors (Lipinski definition) is 4. The topological polar surface area (TPSA) is 125 Å². The molecule has 1 aliphatic rings. The van der Waals surface area contributed by atoms with Gasteiger partial charge in [0, 0.05) is 12.5 Å². The second-order valence-electron chi connectivity index (χ2n) is 7.21. The second kappa shape index (κ2) is 9.41. The molecule has 2 aromatic carbocycles. The van der Waals surface area contributed by atoms with Crippen LogP contribution in [0.2, 0.25) is 0 Å². The molecule has 0 aliphatic heterocycles. The van der Waals surface area contributed by atoms with Gasteiger partial charge >= 0.3 is 12.1 Å². The molecule has 2 atom stereocenters. The van der Waals surface area contributed by atoms with Crippen LogP contribution in [0.25, 0.3) is 11.1 Å². The van der Waals surface area contributed by atoms with Crippen LogP contribution in [0.15, 0.2) is 48.5 Å². The molecule has 8 heteroatoms. The van der Waals surface area contributed by atoms with Crippen molar-refractivity contribution in [3.8, 4) is 11.1 Å². The number of alkyl carbamates (subject to hydrolysis) is 1. The van der Waals surface area contributed by atoms with Crippen molar-refractivity contribution in [2.45, 2.75) is 18.9 Å². The summed E-state index contributed by atoms with van der Waals surface area (Å²) >= 11 is 0. The van der Waals surface area contributed by atoms with E-state index >= 15 is 0 Å². The fraction of sp³-hybridized carbons (Fsp3) is 0.318. The van der Waals surface area contributed by atoms with Crippen molar-refractivity contribution in [3.05, 3.63) is 59.7 Å². The molecule has 3 rings (SSSR count). The Balaban J connectivity index is 1.49. The summed E-state index contributed by atoms with van der Waals surface area (Å²) in [6.07, 6.45) is -2.31. The number of ether oxygens (including phenoxy) is 1. The number of rotatable bonds is 8. The minimum atomic E-state index is -1.67. The number of carbonyl (C=O) groups excluding carboxylic acids is 2. The number of fused-ring (bicyclic) bond motifs is 3. The fourth-order valence-corrected chi connectivity index (χ4v) is 3.44. The van der Waals surface area contributed by atoms with Gasteiger partial charge in [0.2, 0.25) is 5.91 Å². The number of amides is 2. The lowest BCUT2D eigenvalue weighted by atomic mass is 9.98. The molecule has 0 radical (unpaired) electrons. The molecule has 0 fully saturated rings. The van der Waals surface area contributed by atoms with E-state index in [4.69, 9.17) is 9.84 Å². The van der Waals surface area contributed by atoms with Crippen molar-refractivity contribution in [1.29, 1.82) is 0 Å². The zero-order valence-corrected chi connectivity index (χ0v) is 16.5. The number of nitrogens with one attached hydrogen (secondary N) is 2. The maximum Gasteiger partial charge on any atom is 0.407 e.